The van der Waals surface area contributed by atoms with Gasteiger partial charge in [0.1, 0.15) is 11.5 Å². The van der Waals surface area contributed by atoms with Crippen LogP contribution in [0.25, 0.3) is 0 Å². The van der Waals surface area contributed by atoms with E-state index in [1.807, 2.05) is 0 Å². The zero-order chi connectivity index (χ0) is 32.1. The molecule has 0 bridgehead atoms. The maximum absolute atomic E-state index is 14.9. The zero-order valence-corrected chi connectivity index (χ0v) is 19.8. The standard InChI is InChI=1S/C21H15F17N2O/c1-41-12-6-4-10(5-7-12)40-13(9-11-3-2-8-39-11)14(22,23)15(24,25)16(26,27)17(28,29)18(30,31)19(32,33)20(34,35)21(36,37)38/h4-7,9,39H,2-3,8H2,1H3/b11-9+,40-13?. The van der Waals surface area contributed by atoms with Gasteiger partial charge in [-0.2, -0.15) is 74.6 Å². The number of aliphatic imine (C=N–C) groups is 1. The fourth-order valence-corrected chi connectivity index (χ4v) is 3.22. The van der Waals surface area contributed by atoms with Gasteiger partial charge in [-0.15, -0.1) is 0 Å². The smallest absolute Gasteiger partial charge is 0.460 e. The quantitative estimate of drug-likeness (QED) is 0.209. The summed E-state index contributed by atoms with van der Waals surface area (Å²) in [6.45, 7) is -0.00737. The van der Waals surface area contributed by atoms with Crippen LogP contribution in [0, 0.1) is 0 Å². The molecule has 1 aliphatic rings. The summed E-state index contributed by atoms with van der Waals surface area (Å²) in [6.07, 6.45) is -7.99. The molecule has 1 aromatic carbocycles. The number of halogens is 17. The zero-order valence-electron chi connectivity index (χ0n) is 19.8. The average Bonchev–Trinajstić information content (AvgIpc) is 3.35. The summed E-state index contributed by atoms with van der Waals surface area (Å²) in [5, 5.41) is 2.30. The Kier molecular flexibility index (Phi) is 8.68. The molecular weight excluding hydrogens is 619 g/mol. The molecule has 2 rings (SSSR count). The number of nitrogens with zero attached hydrogens (tertiary/aromatic N) is 1. The Morgan fingerprint density at radius 3 is 1.51 bits per heavy atom. The summed E-state index contributed by atoms with van der Waals surface area (Å²) in [5.74, 6) is -57.2. The average molecular weight is 634 g/mol. The van der Waals surface area contributed by atoms with Crippen molar-refractivity contribution in [1.29, 1.82) is 0 Å². The summed E-state index contributed by atoms with van der Waals surface area (Å²) >= 11 is 0. The molecule has 0 saturated carbocycles. The van der Waals surface area contributed by atoms with Crippen LogP contribution in [0.15, 0.2) is 41.0 Å². The molecule has 1 fully saturated rings. The number of benzene rings is 1. The van der Waals surface area contributed by atoms with Crippen LogP contribution in [0.4, 0.5) is 80.3 Å². The number of nitrogens with one attached hydrogen (secondary N) is 1. The van der Waals surface area contributed by atoms with Crippen molar-refractivity contribution in [2.45, 2.75) is 60.5 Å². The first kappa shape index (κ1) is 34.2. The second-order valence-corrected chi connectivity index (χ2v) is 8.41. The van der Waals surface area contributed by atoms with Crippen molar-refractivity contribution in [3.63, 3.8) is 0 Å². The van der Waals surface area contributed by atoms with E-state index >= 15 is 0 Å². The van der Waals surface area contributed by atoms with Crippen LogP contribution in [0.2, 0.25) is 0 Å². The van der Waals surface area contributed by atoms with Gasteiger partial charge in [0.25, 0.3) is 0 Å². The topological polar surface area (TPSA) is 33.6 Å². The molecule has 0 unspecified atom stereocenters. The van der Waals surface area contributed by atoms with Crippen LogP contribution in [-0.2, 0) is 0 Å². The van der Waals surface area contributed by atoms with Gasteiger partial charge in [-0.25, -0.2) is 4.99 Å². The molecule has 0 aromatic heterocycles. The highest BCUT2D eigenvalue weighted by atomic mass is 19.4. The largest absolute Gasteiger partial charge is 0.497 e. The minimum atomic E-state index is -8.69. The minimum Gasteiger partial charge on any atom is -0.497 e. The van der Waals surface area contributed by atoms with E-state index in [2.05, 4.69) is 10.3 Å². The summed E-state index contributed by atoms with van der Waals surface area (Å²) in [4.78, 5) is 2.95. The maximum Gasteiger partial charge on any atom is 0.460 e. The second-order valence-electron chi connectivity index (χ2n) is 8.41. The molecule has 0 amide bonds. The predicted octanol–water partition coefficient (Wildman–Crippen LogP) is 8.04. The number of hydrogen-bond donors (Lipinski definition) is 1. The number of rotatable bonds is 10. The molecule has 0 spiro atoms. The van der Waals surface area contributed by atoms with Gasteiger partial charge in [0, 0.05) is 12.2 Å². The fourth-order valence-electron chi connectivity index (χ4n) is 3.22. The van der Waals surface area contributed by atoms with Crippen molar-refractivity contribution in [2.24, 2.45) is 4.99 Å². The molecule has 0 atom stereocenters. The first-order chi connectivity index (χ1) is 18.2. The normalized spacial score (nSPS) is 18.1. The molecule has 1 heterocycles. The van der Waals surface area contributed by atoms with E-state index in [1.165, 1.54) is 0 Å². The summed E-state index contributed by atoms with van der Waals surface area (Å²) in [6, 6.07) is 3.41. The first-order valence-electron chi connectivity index (χ1n) is 10.6. The van der Waals surface area contributed by atoms with Gasteiger partial charge in [0.2, 0.25) is 0 Å². The van der Waals surface area contributed by atoms with Gasteiger partial charge in [-0.1, -0.05) is 0 Å². The highest BCUT2D eigenvalue weighted by Crippen LogP contribution is 2.64. The van der Waals surface area contributed by atoms with Crippen LogP contribution in [0.1, 0.15) is 12.8 Å². The maximum atomic E-state index is 14.9. The van der Waals surface area contributed by atoms with Crippen LogP contribution in [0.3, 0.4) is 0 Å². The molecule has 234 valence electrons. The summed E-state index contributed by atoms with van der Waals surface area (Å²) in [5.41, 5.74) is -3.74. The molecule has 1 aromatic rings. The summed E-state index contributed by atoms with van der Waals surface area (Å²) < 4.78 is 237. The molecule has 0 aliphatic carbocycles. The number of allylic oxidation sites excluding steroid dienone is 2. The molecular formula is C21H15F17N2O. The summed E-state index contributed by atoms with van der Waals surface area (Å²) in [7, 11) is 1.11. The number of ether oxygens (including phenoxy) is 1. The Morgan fingerprint density at radius 2 is 1.12 bits per heavy atom. The van der Waals surface area contributed by atoms with Crippen LogP contribution in [-0.4, -0.2) is 67.0 Å². The predicted molar refractivity (Wildman–Crippen MR) is 106 cm³/mol. The van der Waals surface area contributed by atoms with E-state index in [0.29, 0.717) is 0 Å². The van der Waals surface area contributed by atoms with Crippen LogP contribution >= 0.6 is 0 Å². The number of methoxy groups -OCH3 is 1. The number of hydrogen-bond acceptors (Lipinski definition) is 3. The van der Waals surface area contributed by atoms with Crippen molar-refractivity contribution in [1.82, 2.24) is 5.32 Å². The van der Waals surface area contributed by atoms with Crippen molar-refractivity contribution in [2.75, 3.05) is 13.7 Å². The lowest BCUT2D eigenvalue weighted by Crippen LogP contribution is -2.75. The lowest BCUT2D eigenvalue weighted by Gasteiger charge is -2.42. The van der Waals surface area contributed by atoms with Gasteiger partial charge in [-0.3, -0.25) is 0 Å². The lowest BCUT2D eigenvalue weighted by molar-refractivity contribution is -0.458. The third kappa shape index (κ3) is 5.25. The highest BCUT2D eigenvalue weighted by Gasteiger charge is 2.95. The first-order valence-corrected chi connectivity index (χ1v) is 10.6. The fraction of sp³-hybridized carbons (Fsp3) is 0.571. The molecule has 1 saturated heterocycles. The van der Waals surface area contributed by atoms with Crippen molar-refractivity contribution in [3.05, 3.63) is 36.0 Å². The Bertz CT molecular complexity index is 1150. The molecule has 1 N–H and O–H groups in total. The van der Waals surface area contributed by atoms with Gasteiger partial charge in [-0.05, 0) is 43.2 Å². The van der Waals surface area contributed by atoms with Gasteiger partial charge < -0.3 is 10.1 Å². The Labute approximate surface area is 218 Å². The van der Waals surface area contributed by atoms with Gasteiger partial charge >= 0.3 is 47.6 Å². The number of alkyl halides is 17. The highest BCUT2D eigenvalue weighted by molar-refractivity contribution is 6.03. The molecule has 0 radical (unpaired) electrons. The van der Waals surface area contributed by atoms with Crippen LogP contribution in [0.5, 0.6) is 5.75 Å². The molecule has 41 heavy (non-hydrogen) atoms. The Hall–Kier alpha value is -2.96. The van der Waals surface area contributed by atoms with Crippen molar-refractivity contribution >= 4 is 11.4 Å². The van der Waals surface area contributed by atoms with E-state index in [1.54, 1.807) is 0 Å². The molecule has 1 aliphatic heterocycles. The van der Waals surface area contributed by atoms with Gasteiger partial charge in [0.15, 0.2) is 0 Å². The minimum absolute atomic E-state index is 0.00315. The van der Waals surface area contributed by atoms with E-state index in [-0.39, 0.29) is 31.2 Å². The van der Waals surface area contributed by atoms with Crippen molar-refractivity contribution in [3.8, 4) is 5.75 Å². The van der Waals surface area contributed by atoms with Crippen molar-refractivity contribution < 1.29 is 79.4 Å². The lowest BCUT2D eigenvalue weighted by atomic mass is 9.87. The SMILES string of the molecule is COc1ccc(N=C(/C=C2\CCCN2)C(F)(F)C(F)(F)C(F)(F)C(F)(F)C(F)(F)C(F)(F)C(F)(F)C(F)(F)F)cc1. The monoisotopic (exact) mass is 634 g/mol. The third-order valence-electron chi connectivity index (χ3n) is 5.65. The Morgan fingerprint density at radius 1 is 0.683 bits per heavy atom. The second kappa shape index (κ2) is 10.4. The van der Waals surface area contributed by atoms with E-state index in [9.17, 15) is 74.6 Å². The molecule has 3 nitrogen and oxygen atoms in total. The Balaban J connectivity index is 2.73. The van der Waals surface area contributed by atoms with Crippen LogP contribution < -0.4 is 10.1 Å². The van der Waals surface area contributed by atoms with E-state index in [4.69, 9.17) is 4.74 Å². The third-order valence-corrected chi connectivity index (χ3v) is 5.65. The van der Waals surface area contributed by atoms with E-state index in [0.717, 1.165) is 31.4 Å². The van der Waals surface area contributed by atoms with E-state index < -0.39 is 64.7 Å². The molecule has 20 heteroatoms. The van der Waals surface area contributed by atoms with Gasteiger partial charge in [0.05, 0.1) is 12.8 Å².